The van der Waals surface area contributed by atoms with E-state index in [0.717, 1.165) is 19.0 Å². The zero-order valence-corrected chi connectivity index (χ0v) is 14.7. The highest BCUT2D eigenvalue weighted by Crippen LogP contribution is 2.18. The molecule has 22 heavy (non-hydrogen) atoms. The smallest absolute Gasteiger partial charge is 0.317 e. The van der Waals surface area contributed by atoms with Gasteiger partial charge in [-0.15, -0.1) is 0 Å². The van der Waals surface area contributed by atoms with Crippen LogP contribution >= 0.6 is 0 Å². The first kappa shape index (κ1) is 17.5. The van der Waals surface area contributed by atoms with Gasteiger partial charge in [-0.2, -0.15) is 0 Å². The van der Waals surface area contributed by atoms with Gasteiger partial charge in [0.25, 0.3) is 0 Å². The second-order valence-corrected chi connectivity index (χ2v) is 9.17. The van der Waals surface area contributed by atoms with Crippen LogP contribution in [0.15, 0.2) is 0 Å². The minimum absolute atomic E-state index is 0.0934. The molecule has 6 nitrogen and oxygen atoms in total. The standard InChI is InChI=1S/C15H29N3O3S/c1-12-5-4-7-18(10-12)13(2)9-16-15(19)17(3)14-6-8-22(20,21)11-14/h12-14H,4-11H2,1-3H3,(H,16,19). The van der Waals surface area contributed by atoms with E-state index in [2.05, 4.69) is 24.1 Å². The lowest BCUT2D eigenvalue weighted by atomic mass is 9.99. The fraction of sp³-hybridized carbons (Fsp3) is 0.933. The van der Waals surface area contributed by atoms with Crippen LogP contribution in [-0.4, -0.2) is 74.5 Å². The zero-order chi connectivity index (χ0) is 16.3. The molecule has 2 saturated heterocycles. The summed E-state index contributed by atoms with van der Waals surface area (Å²) in [5.74, 6) is 1.01. The van der Waals surface area contributed by atoms with E-state index < -0.39 is 9.84 Å². The molecule has 0 aromatic rings. The third-order valence-corrected chi connectivity index (χ3v) is 6.69. The number of nitrogens with zero attached hydrogens (tertiary/aromatic N) is 2. The number of hydrogen-bond acceptors (Lipinski definition) is 4. The normalized spacial score (nSPS) is 30.0. The number of hydrogen-bond donors (Lipinski definition) is 1. The number of nitrogens with one attached hydrogen (secondary N) is 1. The fourth-order valence-corrected chi connectivity index (χ4v) is 5.14. The number of sulfone groups is 1. The Morgan fingerprint density at radius 1 is 1.41 bits per heavy atom. The van der Waals surface area contributed by atoms with E-state index in [1.807, 2.05) is 0 Å². The van der Waals surface area contributed by atoms with Crippen molar-refractivity contribution in [2.75, 3.05) is 38.2 Å². The highest BCUT2D eigenvalue weighted by Gasteiger charge is 2.33. The molecule has 2 amide bonds. The van der Waals surface area contributed by atoms with Gasteiger partial charge in [0.05, 0.1) is 11.5 Å². The minimum atomic E-state index is -2.96. The minimum Gasteiger partial charge on any atom is -0.336 e. The van der Waals surface area contributed by atoms with Crippen molar-refractivity contribution in [1.82, 2.24) is 15.1 Å². The lowest BCUT2D eigenvalue weighted by Crippen LogP contribution is -2.50. The van der Waals surface area contributed by atoms with E-state index >= 15 is 0 Å². The van der Waals surface area contributed by atoms with Gasteiger partial charge in [0.15, 0.2) is 9.84 Å². The van der Waals surface area contributed by atoms with Crippen molar-refractivity contribution in [3.05, 3.63) is 0 Å². The molecule has 2 fully saturated rings. The SMILES string of the molecule is CC1CCCN(C(C)CNC(=O)N(C)C2CCS(=O)(=O)C2)C1. The summed E-state index contributed by atoms with van der Waals surface area (Å²) in [5, 5.41) is 2.95. The predicted molar refractivity (Wildman–Crippen MR) is 87.7 cm³/mol. The van der Waals surface area contributed by atoms with Crippen LogP contribution in [0.5, 0.6) is 0 Å². The summed E-state index contributed by atoms with van der Waals surface area (Å²) in [4.78, 5) is 16.2. The monoisotopic (exact) mass is 331 g/mol. The van der Waals surface area contributed by atoms with Gasteiger partial charge < -0.3 is 10.2 Å². The lowest BCUT2D eigenvalue weighted by molar-refractivity contribution is 0.134. The largest absolute Gasteiger partial charge is 0.336 e. The Balaban J connectivity index is 1.77. The van der Waals surface area contributed by atoms with Crippen LogP contribution in [0.1, 0.15) is 33.1 Å². The maximum absolute atomic E-state index is 12.2. The van der Waals surface area contributed by atoms with Crippen molar-refractivity contribution in [1.29, 1.82) is 0 Å². The van der Waals surface area contributed by atoms with Crippen LogP contribution in [0.4, 0.5) is 4.79 Å². The number of piperidine rings is 1. The van der Waals surface area contributed by atoms with E-state index in [1.54, 1.807) is 11.9 Å². The van der Waals surface area contributed by atoms with Gasteiger partial charge in [-0.05, 0) is 38.6 Å². The molecule has 2 aliphatic rings. The van der Waals surface area contributed by atoms with E-state index in [1.165, 1.54) is 12.8 Å². The molecule has 2 rings (SSSR count). The van der Waals surface area contributed by atoms with Crippen molar-refractivity contribution in [3.63, 3.8) is 0 Å². The van der Waals surface area contributed by atoms with Gasteiger partial charge in [0.2, 0.25) is 0 Å². The van der Waals surface area contributed by atoms with Crippen molar-refractivity contribution < 1.29 is 13.2 Å². The number of likely N-dealkylation sites (tertiary alicyclic amines) is 1. The van der Waals surface area contributed by atoms with Crippen LogP contribution in [0.2, 0.25) is 0 Å². The molecule has 0 saturated carbocycles. The second-order valence-electron chi connectivity index (χ2n) is 6.95. The van der Waals surface area contributed by atoms with E-state index in [-0.39, 0.29) is 23.6 Å². The van der Waals surface area contributed by atoms with Gasteiger partial charge in [0.1, 0.15) is 0 Å². The summed E-state index contributed by atoms with van der Waals surface area (Å²) in [6.07, 6.45) is 3.05. The van der Waals surface area contributed by atoms with E-state index in [0.29, 0.717) is 19.0 Å². The third kappa shape index (κ3) is 4.59. The topological polar surface area (TPSA) is 69.7 Å². The Hall–Kier alpha value is -0.820. The zero-order valence-electron chi connectivity index (χ0n) is 13.9. The molecule has 0 spiro atoms. The van der Waals surface area contributed by atoms with Gasteiger partial charge in [-0.25, -0.2) is 13.2 Å². The Bertz CT molecular complexity index is 494. The number of amides is 2. The molecule has 2 aliphatic heterocycles. The molecule has 7 heteroatoms. The fourth-order valence-electron chi connectivity index (χ4n) is 3.36. The molecule has 0 bridgehead atoms. The highest BCUT2D eigenvalue weighted by atomic mass is 32.2. The van der Waals surface area contributed by atoms with Crippen LogP contribution in [0.25, 0.3) is 0 Å². The van der Waals surface area contributed by atoms with Gasteiger partial charge in [-0.1, -0.05) is 6.92 Å². The molecular formula is C15H29N3O3S. The average Bonchev–Trinajstić information content (AvgIpc) is 2.83. The molecule has 0 radical (unpaired) electrons. The first-order valence-corrected chi connectivity index (χ1v) is 10.1. The predicted octanol–water partition coefficient (Wildman–Crippen LogP) is 0.935. The van der Waals surface area contributed by atoms with E-state index in [4.69, 9.17) is 0 Å². The lowest BCUT2D eigenvalue weighted by Gasteiger charge is -2.36. The molecule has 3 atom stereocenters. The Morgan fingerprint density at radius 3 is 2.73 bits per heavy atom. The van der Waals surface area contributed by atoms with Crippen LogP contribution in [0, 0.1) is 5.92 Å². The number of rotatable bonds is 4. The van der Waals surface area contributed by atoms with Crippen molar-refractivity contribution in [3.8, 4) is 0 Å². The van der Waals surface area contributed by atoms with E-state index in [9.17, 15) is 13.2 Å². The number of urea groups is 1. The summed E-state index contributed by atoms with van der Waals surface area (Å²) in [6.45, 7) is 7.20. The first-order chi connectivity index (χ1) is 10.3. The molecular weight excluding hydrogens is 302 g/mol. The molecule has 1 N–H and O–H groups in total. The number of carbonyl (C=O) groups is 1. The molecule has 128 valence electrons. The molecule has 2 heterocycles. The molecule has 3 unspecified atom stereocenters. The van der Waals surface area contributed by atoms with Gasteiger partial charge in [-0.3, -0.25) is 4.90 Å². The summed E-state index contributed by atoms with van der Waals surface area (Å²) < 4.78 is 23.0. The molecule has 0 aliphatic carbocycles. The summed E-state index contributed by atoms with van der Waals surface area (Å²) >= 11 is 0. The number of carbonyl (C=O) groups excluding carboxylic acids is 1. The Labute approximate surface area is 134 Å². The maximum atomic E-state index is 12.2. The quantitative estimate of drug-likeness (QED) is 0.832. The third-order valence-electron chi connectivity index (χ3n) is 4.94. The Kier molecular flexibility index (Phi) is 5.71. The molecule has 0 aromatic carbocycles. The maximum Gasteiger partial charge on any atom is 0.317 e. The highest BCUT2D eigenvalue weighted by molar-refractivity contribution is 7.91. The Morgan fingerprint density at radius 2 is 2.14 bits per heavy atom. The molecule has 0 aromatic heterocycles. The van der Waals surface area contributed by atoms with Crippen LogP contribution in [0.3, 0.4) is 0 Å². The second kappa shape index (κ2) is 7.17. The summed E-state index contributed by atoms with van der Waals surface area (Å²) in [6, 6.07) is -0.0401. The van der Waals surface area contributed by atoms with Crippen molar-refractivity contribution in [2.24, 2.45) is 5.92 Å². The summed E-state index contributed by atoms with van der Waals surface area (Å²) in [7, 11) is -1.27. The first-order valence-electron chi connectivity index (χ1n) is 8.23. The van der Waals surface area contributed by atoms with Crippen molar-refractivity contribution in [2.45, 2.75) is 45.2 Å². The van der Waals surface area contributed by atoms with Crippen molar-refractivity contribution >= 4 is 15.9 Å². The summed E-state index contributed by atoms with van der Waals surface area (Å²) in [5.41, 5.74) is 0. The van der Waals surface area contributed by atoms with Gasteiger partial charge >= 0.3 is 6.03 Å². The van der Waals surface area contributed by atoms with Crippen LogP contribution < -0.4 is 5.32 Å². The average molecular weight is 331 g/mol. The van der Waals surface area contributed by atoms with Crippen LogP contribution in [-0.2, 0) is 9.84 Å². The van der Waals surface area contributed by atoms with Gasteiger partial charge in [0, 0.05) is 32.2 Å².